The summed E-state index contributed by atoms with van der Waals surface area (Å²) in [5.41, 5.74) is 0.708. The van der Waals surface area contributed by atoms with E-state index in [0.717, 1.165) is 6.07 Å². The predicted octanol–water partition coefficient (Wildman–Crippen LogP) is 1.52. The fourth-order valence-corrected chi connectivity index (χ4v) is 2.31. The molecular formula is C14H17ClF2N2O2. The summed E-state index contributed by atoms with van der Waals surface area (Å²) < 4.78 is 31.6. The maximum absolute atomic E-state index is 13.2. The van der Waals surface area contributed by atoms with Crippen LogP contribution in [0, 0.1) is 11.6 Å². The molecule has 1 fully saturated rings. The van der Waals surface area contributed by atoms with Gasteiger partial charge in [-0.05, 0) is 17.7 Å². The highest BCUT2D eigenvalue weighted by molar-refractivity contribution is 6.27. The average molecular weight is 319 g/mol. The molecule has 1 aliphatic rings. The van der Waals surface area contributed by atoms with E-state index in [4.69, 9.17) is 16.3 Å². The van der Waals surface area contributed by atoms with Crippen LogP contribution in [-0.2, 0) is 16.1 Å². The van der Waals surface area contributed by atoms with Gasteiger partial charge < -0.3 is 10.1 Å². The van der Waals surface area contributed by atoms with E-state index in [1.165, 1.54) is 6.07 Å². The minimum absolute atomic E-state index is 0.0781. The summed E-state index contributed by atoms with van der Waals surface area (Å²) in [6.07, 6.45) is -0.129. The summed E-state index contributed by atoms with van der Waals surface area (Å²) in [5.74, 6) is -2.00. The lowest BCUT2D eigenvalue weighted by Gasteiger charge is -2.33. The van der Waals surface area contributed by atoms with Crippen LogP contribution in [0.1, 0.15) is 5.56 Å². The number of benzene rings is 1. The third-order valence-corrected chi connectivity index (χ3v) is 3.50. The van der Waals surface area contributed by atoms with Crippen molar-refractivity contribution < 1.29 is 18.3 Å². The van der Waals surface area contributed by atoms with Crippen LogP contribution in [0.15, 0.2) is 18.2 Å². The van der Waals surface area contributed by atoms with E-state index >= 15 is 0 Å². The van der Waals surface area contributed by atoms with Crippen molar-refractivity contribution in [3.8, 4) is 0 Å². The topological polar surface area (TPSA) is 41.6 Å². The van der Waals surface area contributed by atoms with Gasteiger partial charge in [-0.15, -0.1) is 11.6 Å². The van der Waals surface area contributed by atoms with Crippen molar-refractivity contribution in [2.75, 3.05) is 32.1 Å². The Labute approximate surface area is 127 Å². The number of alkyl halides is 1. The molecule has 1 aromatic carbocycles. The van der Waals surface area contributed by atoms with Crippen LogP contribution in [0.4, 0.5) is 8.78 Å². The molecule has 7 heteroatoms. The van der Waals surface area contributed by atoms with Crippen LogP contribution in [0.25, 0.3) is 0 Å². The summed E-state index contributed by atoms with van der Waals surface area (Å²) in [6, 6.07) is 3.90. The van der Waals surface area contributed by atoms with E-state index in [0.29, 0.717) is 38.3 Å². The number of rotatable bonds is 5. The van der Waals surface area contributed by atoms with Crippen molar-refractivity contribution in [2.24, 2.45) is 0 Å². The van der Waals surface area contributed by atoms with Crippen LogP contribution in [0.5, 0.6) is 0 Å². The third-order valence-electron chi connectivity index (χ3n) is 3.26. The van der Waals surface area contributed by atoms with Gasteiger partial charge in [0, 0.05) is 26.2 Å². The number of nitrogens with one attached hydrogen (secondary N) is 1. The van der Waals surface area contributed by atoms with E-state index in [-0.39, 0.29) is 17.9 Å². The van der Waals surface area contributed by atoms with Gasteiger partial charge in [0.25, 0.3) is 0 Å². The van der Waals surface area contributed by atoms with Crippen molar-refractivity contribution in [1.29, 1.82) is 0 Å². The molecular weight excluding hydrogens is 302 g/mol. The molecule has 2 rings (SSSR count). The van der Waals surface area contributed by atoms with E-state index in [9.17, 15) is 13.6 Å². The quantitative estimate of drug-likeness (QED) is 0.837. The Morgan fingerprint density at radius 1 is 1.43 bits per heavy atom. The molecule has 1 N–H and O–H groups in total. The number of amides is 1. The number of nitrogens with zero attached hydrogens (tertiary/aromatic N) is 1. The van der Waals surface area contributed by atoms with Gasteiger partial charge in [0.1, 0.15) is 5.88 Å². The first kappa shape index (κ1) is 16.1. The molecule has 0 saturated carbocycles. The zero-order valence-corrected chi connectivity index (χ0v) is 12.2. The molecule has 1 amide bonds. The van der Waals surface area contributed by atoms with E-state index < -0.39 is 11.6 Å². The highest BCUT2D eigenvalue weighted by Crippen LogP contribution is 2.13. The maximum atomic E-state index is 13.2. The second-order valence-corrected chi connectivity index (χ2v) is 5.18. The van der Waals surface area contributed by atoms with Gasteiger partial charge in [0.15, 0.2) is 11.6 Å². The van der Waals surface area contributed by atoms with Crippen molar-refractivity contribution in [1.82, 2.24) is 10.2 Å². The second kappa shape index (κ2) is 7.68. The molecule has 1 atom stereocenters. The summed E-state index contributed by atoms with van der Waals surface area (Å²) in [6.45, 7) is 2.76. The fraction of sp³-hybridized carbons (Fsp3) is 0.500. The number of hydrogen-bond acceptors (Lipinski definition) is 3. The van der Waals surface area contributed by atoms with Crippen molar-refractivity contribution in [3.05, 3.63) is 35.4 Å². The summed E-state index contributed by atoms with van der Waals surface area (Å²) in [4.78, 5) is 13.2. The highest BCUT2D eigenvalue weighted by atomic mass is 35.5. The first-order chi connectivity index (χ1) is 10.1. The maximum Gasteiger partial charge on any atom is 0.235 e. The lowest BCUT2D eigenvalue weighted by atomic mass is 10.1. The molecule has 1 aromatic rings. The molecule has 4 nitrogen and oxygen atoms in total. The molecule has 0 aromatic heterocycles. The monoisotopic (exact) mass is 318 g/mol. The Kier molecular flexibility index (Phi) is 5.90. The Bertz CT molecular complexity index is 502. The van der Waals surface area contributed by atoms with Gasteiger partial charge in [0.2, 0.25) is 5.91 Å². The Morgan fingerprint density at radius 2 is 2.24 bits per heavy atom. The molecule has 116 valence electrons. The lowest BCUT2D eigenvalue weighted by Crippen LogP contribution is -2.47. The zero-order valence-electron chi connectivity index (χ0n) is 11.4. The molecule has 0 bridgehead atoms. The van der Waals surface area contributed by atoms with Crippen LogP contribution in [-0.4, -0.2) is 49.0 Å². The SMILES string of the molecule is O=C(CCl)NC[C@H]1CN(Cc2ccc(F)c(F)c2)CCO1. The van der Waals surface area contributed by atoms with E-state index in [2.05, 4.69) is 10.2 Å². The normalized spacial score (nSPS) is 19.5. The smallest absolute Gasteiger partial charge is 0.235 e. The fourth-order valence-electron chi connectivity index (χ4n) is 2.22. The van der Waals surface area contributed by atoms with E-state index in [1.54, 1.807) is 6.07 Å². The number of carbonyl (C=O) groups excluding carboxylic acids is 1. The van der Waals surface area contributed by atoms with Crippen LogP contribution < -0.4 is 5.32 Å². The van der Waals surface area contributed by atoms with Gasteiger partial charge in [-0.1, -0.05) is 6.07 Å². The van der Waals surface area contributed by atoms with E-state index in [1.807, 2.05) is 0 Å². The van der Waals surface area contributed by atoms with Gasteiger partial charge in [-0.25, -0.2) is 8.78 Å². The minimum atomic E-state index is -0.845. The summed E-state index contributed by atoms with van der Waals surface area (Å²) >= 11 is 5.40. The first-order valence-electron chi connectivity index (χ1n) is 6.69. The van der Waals surface area contributed by atoms with Crippen LogP contribution >= 0.6 is 11.6 Å². The van der Waals surface area contributed by atoms with Crippen molar-refractivity contribution >= 4 is 17.5 Å². The molecule has 1 heterocycles. The highest BCUT2D eigenvalue weighted by Gasteiger charge is 2.21. The zero-order chi connectivity index (χ0) is 15.2. The Morgan fingerprint density at radius 3 is 2.95 bits per heavy atom. The molecule has 1 saturated heterocycles. The molecule has 1 aliphatic heterocycles. The molecule has 0 aliphatic carbocycles. The number of halogens is 3. The molecule has 0 spiro atoms. The largest absolute Gasteiger partial charge is 0.374 e. The standard InChI is InChI=1S/C14H17ClF2N2O2/c15-6-14(20)18-7-11-9-19(3-4-21-11)8-10-1-2-12(16)13(17)5-10/h1-2,5,11H,3-4,6-9H2,(H,18,20)/t11-/m0/s1. The average Bonchev–Trinajstić information content (AvgIpc) is 2.49. The van der Waals surface area contributed by atoms with Crippen molar-refractivity contribution in [3.63, 3.8) is 0 Å². The van der Waals surface area contributed by atoms with Crippen LogP contribution in [0.2, 0.25) is 0 Å². The summed E-state index contributed by atoms with van der Waals surface area (Å²) in [7, 11) is 0. The minimum Gasteiger partial charge on any atom is -0.374 e. The predicted molar refractivity (Wildman–Crippen MR) is 75.1 cm³/mol. The van der Waals surface area contributed by atoms with Crippen LogP contribution in [0.3, 0.4) is 0 Å². The van der Waals surface area contributed by atoms with Gasteiger partial charge in [0.05, 0.1) is 12.7 Å². The Balaban J connectivity index is 1.85. The van der Waals surface area contributed by atoms with Gasteiger partial charge in [-0.3, -0.25) is 9.69 Å². The number of hydrogen-bond donors (Lipinski definition) is 1. The number of carbonyl (C=O) groups is 1. The molecule has 0 radical (unpaired) electrons. The number of ether oxygens (including phenoxy) is 1. The first-order valence-corrected chi connectivity index (χ1v) is 7.22. The number of morpholine rings is 1. The molecule has 21 heavy (non-hydrogen) atoms. The third kappa shape index (κ3) is 4.91. The molecule has 0 unspecified atom stereocenters. The van der Waals surface area contributed by atoms with Gasteiger partial charge in [-0.2, -0.15) is 0 Å². The lowest BCUT2D eigenvalue weighted by molar-refractivity contribution is -0.119. The summed E-state index contributed by atoms with van der Waals surface area (Å²) in [5, 5.41) is 2.67. The second-order valence-electron chi connectivity index (χ2n) is 4.91. The van der Waals surface area contributed by atoms with Crippen molar-refractivity contribution in [2.45, 2.75) is 12.6 Å². The van der Waals surface area contributed by atoms with Gasteiger partial charge >= 0.3 is 0 Å². The Hall–Kier alpha value is -1.24.